The largest absolute Gasteiger partial charge is 0.275 e. The average molecular weight is 264 g/mol. The Bertz CT molecular complexity index is 608. The molecule has 3 aromatic heterocycles. The van der Waals surface area contributed by atoms with Gasteiger partial charge in [0.25, 0.3) is 0 Å². The second kappa shape index (κ2) is 4.23. The van der Waals surface area contributed by atoms with Gasteiger partial charge in [-0.1, -0.05) is 0 Å². The van der Waals surface area contributed by atoms with Gasteiger partial charge in [0.05, 0.1) is 12.2 Å². The van der Waals surface area contributed by atoms with Crippen LogP contribution in [0, 0.1) is 0 Å². The maximum atomic E-state index is 5.66. The number of hydrogen-bond acceptors (Lipinski definition) is 5. The second-order valence-corrected chi connectivity index (χ2v) is 5.91. The average Bonchev–Trinajstić information content (AvgIpc) is 2.95. The van der Waals surface area contributed by atoms with Crippen LogP contribution in [-0.2, 0) is 7.05 Å². The molecule has 17 heavy (non-hydrogen) atoms. The molecule has 0 aliphatic carbocycles. The fraction of sp³-hybridized carbons (Fsp3) is 0.182. The third kappa shape index (κ3) is 1.89. The Morgan fingerprint density at radius 1 is 1.47 bits per heavy atom. The van der Waals surface area contributed by atoms with Gasteiger partial charge in [0, 0.05) is 33.1 Å². The highest BCUT2D eigenvalue weighted by atomic mass is 32.1. The summed E-state index contributed by atoms with van der Waals surface area (Å²) >= 11 is 3.53. The van der Waals surface area contributed by atoms with Crippen molar-refractivity contribution in [2.24, 2.45) is 12.9 Å². The van der Waals surface area contributed by atoms with Crippen molar-refractivity contribution in [2.75, 3.05) is 0 Å². The van der Waals surface area contributed by atoms with Crippen LogP contribution in [0.25, 0.3) is 9.40 Å². The summed E-state index contributed by atoms with van der Waals surface area (Å²) in [4.78, 5) is 1.22. The number of aryl methyl sites for hydroxylation is 1. The van der Waals surface area contributed by atoms with Crippen molar-refractivity contribution in [3.63, 3.8) is 0 Å². The van der Waals surface area contributed by atoms with Crippen molar-refractivity contribution >= 4 is 32.1 Å². The standard InChI is InChI=1S/C11H12N4S2/c1-15-6-7(5-13-15)11(14-12)10-4-9-8(17-10)2-3-16-9/h2-6,11,14H,12H2,1H3. The summed E-state index contributed by atoms with van der Waals surface area (Å²) in [6.45, 7) is 0. The van der Waals surface area contributed by atoms with Crippen molar-refractivity contribution in [3.8, 4) is 0 Å². The van der Waals surface area contributed by atoms with Gasteiger partial charge in [-0.15, -0.1) is 22.7 Å². The van der Waals surface area contributed by atoms with E-state index in [-0.39, 0.29) is 6.04 Å². The van der Waals surface area contributed by atoms with Crippen LogP contribution in [0.15, 0.2) is 29.9 Å². The third-order valence-electron chi connectivity index (χ3n) is 2.67. The fourth-order valence-electron chi connectivity index (χ4n) is 1.86. The molecular weight excluding hydrogens is 252 g/mol. The number of nitrogens with one attached hydrogen (secondary N) is 1. The van der Waals surface area contributed by atoms with Crippen molar-refractivity contribution in [1.29, 1.82) is 0 Å². The number of fused-ring (bicyclic) bond motifs is 1. The highest BCUT2D eigenvalue weighted by Gasteiger charge is 2.17. The van der Waals surface area contributed by atoms with Gasteiger partial charge >= 0.3 is 0 Å². The summed E-state index contributed by atoms with van der Waals surface area (Å²) < 4.78 is 4.42. The zero-order valence-electron chi connectivity index (χ0n) is 9.25. The highest BCUT2D eigenvalue weighted by molar-refractivity contribution is 7.27. The molecule has 0 spiro atoms. The van der Waals surface area contributed by atoms with Gasteiger partial charge in [0.15, 0.2) is 0 Å². The maximum Gasteiger partial charge on any atom is 0.0833 e. The molecule has 0 aliphatic rings. The summed E-state index contributed by atoms with van der Waals surface area (Å²) in [5.74, 6) is 5.66. The van der Waals surface area contributed by atoms with Crippen molar-refractivity contribution in [2.45, 2.75) is 6.04 Å². The zero-order valence-corrected chi connectivity index (χ0v) is 10.9. The lowest BCUT2D eigenvalue weighted by atomic mass is 10.1. The van der Waals surface area contributed by atoms with Crippen LogP contribution in [0.1, 0.15) is 16.5 Å². The van der Waals surface area contributed by atoms with Gasteiger partial charge in [-0.3, -0.25) is 10.5 Å². The molecule has 0 aromatic carbocycles. The monoisotopic (exact) mass is 264 g/mol. The first-order valence-corrected chi connectivity index (χ1v) is 6.89. The van der Waals surface area contributed by atoms with Crippen LogP contribution < -0.4 is 11.3 Å². The second-order valence-electron chi connectivity index (χ2n) is 3.84. The minimum Gasteiger partial charge on any atom is -0.275 e. The van der Waals surface area contributed by atoms with Crippen LogP contribution in [0.5, 0.6) is 0 Å². The van der Waals surface area contributed by atoms with E-state index in [1.165, 1.54) is 14.3 Å². The van der Waals surface area contributed by atoms with E-state index in [1.807, 2.05) is 19.4 Å². The summed E-state index contributed by atoms with van der Waals surface area (Å²) in [5, 5.41) is 6.29. The normalized spacial score (nSPS) is 13.3. The number of thiophene rings is 2. The molecule has 4 nitrogen and oxygen atoms in total. The van der Waals surface area contributed by atoms with E-state index in [0.29, 0.717) is 0 Å². The first-order chi connectivity index (χ1) is 8.28. The number of nitrogens with two attached hydrogens (primary N) is 1. The Labute approximate surface area is 107 Å². The predicted octanol–water partition coefficient (Wildman–Crippen LogP) is 2.25. The molecule has 3 aromatic rings. The summed E-state index contributed by atoms with van der Waals surface area (Å²) in [7, 11) is 1.91. The lowest BCUT2D eigenvalue weighted by molar-refractivity contribution is 0.645. The Morgan fingerprint density at radius 2 is 2.35 bits per heavy atom. The van der Waals surface area contributed by atoms with E-state index >= 15 is 0 Å². The quantitative estimate of drug-likeness (QED) is 0.563. The van der Waals surface area contributed by atoms with Gasteiger partial charge < -0.3 is 0 Å². The summed E-state index contributed by atoms with van der Waals surface area (Å²) in [6.07, 6.45) is 3.83. The molecule has 0 fully saturated rings. The molecule has 0 amide bonds. The van der Waals surface area contributed by atoms with Crippen LogP contribution in [0.3, 0.4) is 0 Å². The summed E-state index contributed by atoms with van der Waals surface area (Å²) in [6, 6.07) is 4.36. The molecule has 0 saturated heterocycles. The SMILES string of the molecule is Cn1cc(C(NN)c2cc3sccc3s2)cn1. The summed E-state index contributed by atoms with van der Waals surface area (Å²) in [5.41, 5.74) is 3.95. The van der Waals surface area contributed by atoms with E-state index < -0.39 is 0 Å². The third-order valence-corrected chi connectivity index (χ3v) is 4.83. The molecule has 0 radical (unpaired) electrons. The molecule has 3 heterocycles. The molecule has 3 N–H and O–H groups in total. The topological polar surface area (TPSA) is 55.9 Å². The Morgan fingerprint density at radius 3 is 3.00 bits per heavy atom. The van der Waals surface area contributed by atoms with Crippen molar-refractivity contribution in [1.82, 2.24) is 15.2 Å². The van der Waals surface area contributed by atoms with E-state index in [2.05, 4.69) is 28.0 Å². The molecule has 0 saturated carbocycles. The Kier molecular flexibility index (Phi) is 2.71. The first-order valence-electron chi connectivity index (χ1n) is 5.19. The minimum absolute atomic E-state index is 0.0216. The van der Waals surface area contributed by atoms with Crippen LogP contribution in [0.2, 0.25) is 0 Å². The molecule has 0 bridgehead atoms. The van der Waals surface area contributed by atoms with E-state index in [9.17, 15) is 0 Å². The lowest BCUT2D eigenvalue weighted by Crippen LogP contribution is -2.27. The molecule has 1 atom stereocenters. The smallest absolute Gasteiger partial charge is 0.0833 e. The molecule has 0 aliphatic heterocycles. The number of aromatic nitrogens is 2. The molecule has 88 valence electrons. The predicted molar refractivity (Wildman–Crippen MR) is 72.1 cm³/mol. The number of hydrazine groups is 1. The van der Waals surface area contributed by atoms with Gasteiger partial charge in [-0.05, 0) is 17.5 Å². The van der Waals surface area contributed by atoms with Gasteiger partial charge in [-0.2, -0.15) is 5.10 Å². The van der Waals surface area contributed by atoms with Crippen molar-refractivity contribution < 1.29 is 0 Å². The van der Waals surface area contributed by atoms with Gasteiger partial charge in [-0.25, -0.2) is 5.43 Å². The maximum absolute atomic E-state index is 5.66. The Hall–Kier alpha value is -1.21. The van der Waals surface area contributed by atoms with Crippen LogP contribution >= 0.6 is 22.7 Å². The number of nitrogens with zero attached hydrogens (tertiary/aromatic N) is 2. The molecule has 6 heteroatoms. The molecule has 3 rings (SSSR count). The van der Waals surface area contributed by atoms with E-state index in [0.717, 1.165) is 5.56 Å². The fourth-order valence-corrected chi connectivity index (χ4v) is 4.07. The minimum atomic E-state index is 0.0216. The Balaban J connectivity index is 2.03. The van der Waals surface area contributed by atoms with Crippen molar-refractivity contribution in [3.05, 3.63) is 40.3 Å². The number of rotatable bonds is 3. The molecule has 1 unspecified atom stereocenters. The van der Waals surface area contributed by atoms with Crippen LogP contribution in [-0.4, -0.2) is 9.78 Å². The number of hydrogen-bond donors (Lipinski definition) is 2. The van der Waals surface area contributed by atoms with Crippen LogP contribution in [0.4, 0.5) is 0 Å². The molecular formula is C11H12N4S2. The van der Waals surface area contributed by atoms with E-state index in [1.54, 1.807) is 27.4 Å². The van der Waals surface area contributed by atoms with Gasteiger partial charge in [0.2, 0.25) is 0 Å². The highest BCUT2D eigenvalue weighted by Crippen LogP contribution is 2.35. The lowest BCUT2D eigenvalue weighted by Gasteiger charge is -2.11. The first kappa shape index (κ1) is 10.9. The van der Waals surface area contributed by atoms with Gasteiger partial charge in [0.1, 0.15) is 0 Å². The zero-order chi connectivity index (χ0) is 11.8. The van der Waals surface area contributed by atoms with E-state index in [4.69, 9.17) is 5.84 Å².